The number of benzene rings is 1. The molecule has 3 rings (SSSR count). The van der Waals surface area contributed by atoms with Gasteiger partial charge < -0.3 is 5.11 Å². The Kier molecular flexibility index (Phi) is 2.95. The zero-order valence-electron chi connectivity index (χ0n) is 9.38. The smallest absolute Gasteiger partial charge is 0.0462 e. The topological polar surface area (TPSA) is 20.2 Å². The van der Waals surface area contributed by atoms with Crippen LogP contribution in [-0.4, -0.2) is 17.0 Å². The van der Waals surface area contributed by atoms with Gasteiger partial charge in [0.05, 0.1) is 0 Å². The third-order valence-electron chi connectivity index (χ3n) is 4.16. The minimum atomic E-state index is 0.396. The molecular formula is C14H18OS. The molecule has 1 aromatic rings. The number of hydrogen-bond acceptors (Lipinski definition) is 2. The molecule has 2 aliphatic rings. The Balaban J connectivity index is 1.69. The average Bonchev–Trinajstić information content (AvgIpc) is 2.89. The lowest BCUT2D eigenvalue weighted by molar-refractivity contribution is 0.180. The van der Waals surface area contributed by atoms with E-state index in [0.29, 0.717) is 12.5 Å². The Morgan fingerprint density at radius 3 is 2.62 bits per heavy atom. The molecule has 0 unspecified atom stereocenters. The lowest BCUT2D eigenvalue weighted by atomic mass is 9.89. The van der Waals surface area contributed by atoms with Gasteiger partial charge in [-0.1, -0.05) is 18.2 Å². The largest absolute Gasteiger partial charge is 0.396 e. The number of aliphatic hydroxyl groups is 1. The first-order valence-corrected chi connectivity index (χ1v) is 7.07. The molecule has 2 fully saturated rings. The summed E-state index contributed by atoms with van der Waals surface area (Å²) in [5.74, 6) is 2.24. The summed E-state index contributed by atoms with van der Waals surface area (Å²) >= 11 is 2.02. The minimum absolute atomic E-state index is 0.396. The van der Waals surface area contributed by atoms with Gasteiger partial charge in [-0.15, -0.1) is 11.8 Å². The van der Waals surface area contributed by atoms with Crippen molar-refractivity contribution in [3.63, 3.8) is 0 Å². The van der Waals surface area contributed by atoms with Crippen molar-refractivity contribution >= 4 is 11.8 Å². The molecular weight excluding hydrogens is 216 g/mol. The summed E-state index contributed by atoms with van der Waals surface area (Å²) in [4.78, 5) is 1.39. The second-order valence-corrected chi connectivity index (χ2v) is 6.46. The number of hydrogen-bond donors (Lipinski definition) is 1. The molecule has 1 nitrogen and oxygen atoms in total. The summed E-state index contributed by atoms with van der Waals surface area (Å²) in [5.41, 5.74) is 0. The van der Waals surface area contributed by atoms with Crippen LogP contribution in [0.2, 0.25) is 0 Å². The predicted molar refractivity (Wildman–Crippen MR) is 67.5 cm³/mol. The van der Waals surface area contributed by atoms with Crippen LogP contribution in [0.1, 0.15) is 19.3 Å². The SMILES string of the molecule is OC[C@H]1C[C@@H]2C[C@H]1[C@@H](Sc1ccccc1)C2. The summed E-state index contributed by atoms with van der Waals surface area (Å²) < 4.78 is 0. The fourth-order valence-corrected chi connectivity index (χ4v) is 4.99. The van der Waals surface area contributed by atoms with E-state index in [1.54, 1.807) is 0 Å². The summed E-state index contributed by atoms with van der Waals surface area (Å²) in [6, 6.07) is 10.7. The van der Waals surface area contributed by atoms with Crippen LogP contribution >= 0.6 is 11.8 Å². The molecule has 16 heavy (non-hydrogen) atoms. The lowest BCUT2D eigenvalue weighted by Crippen LogP contribution is -2.24. The first-order valence-electron chi connectivity index (χ1n) is 6.19. The molecule has 1 N–H and O–H groups in total. The first kappa shape index (κ1) is 10.7. The predicted octanol–water partition coefficient (Wildman–Crippen LogP) is 3.19. The molecule has 4 atom stereocenters. The molecule has 0 aromatic heterocycles. The van der Waals surface area contributed by atoms with Crippen LogP contribution in [0.25, 0.3) is 0 Å². The van der Waals surface area contributed by atoms with Crippen molar-refractivity contribution in [1.29, 1.82) is 0 Å². The van der Waals surface area contributed by atoms with Crippen LogP contribution in [0.15, 0.2) is 35.2 Å². The quantitative estimate of drug-likeness (QED) is 0.866. The molecule has 2 heteroatoms. The third kappa shape index (κ3) is 1.89. The van der Waals surface area contributed by atoms with Gasteiger partial charge in [-0.3, -0.25) is 0 Å². The molecule has 0 heterocycles. The minimum Gasteiger partial charge on any atom is -0.396 e. The zero-order valence-corrected chi connectivity index (χ0v) is 10.2. The maximum Gasteiger partial charge on any atom is 0.0462 e. The standard InChI is InChI=1S/C14H18OS/c15-9-11-6-10-7-13(11)14(8-10)16-12-4-2-1-3-5-12/h1-5,10-11,13-15H,6-9H2/t10-,11-,13-,14+/m1/s1. The second kappa shape index (κ2) is 4.42. The molecule has 2 saturated carbocycles. The van der Waals surface area contributed by atoms with E-state index >= 15 is 0 Å². The molecule has 1 aromatic carbocycles. The van der Waals surface area contributed by atoms with Crippen LogP contribution in [-0.2, 0) is 0 Å². The highest BCUT2D eigenvalue weighted by Crippen LogP contribution is 2.53. The average molecular weight is 234 g/mol. The van der Waals surface area contributed by atoms with Crippen LogP contribution in [0.4, 0.5) is 0 Å². The van der Waals surface area contributed by atoms with Crippen molar-refractivity contribution in [2.24, 2.45) is 17.8 Å². The molecule has 0 aliphatic heterocycles. The van der Waals surface area contributed by atoms with E-state index in [0.717, 1.165) is 17.1 Å². The van der Waals surface area contributed by atoms with Crippen molar-refractivity contribution in [3.8, 4) is 0 Å². The van der Waals surface area contributed by atoms with Crippen LogP contribution in [0, 0.1) is 17.8 Å². The van der Waals surface area contributed by atoms with E-state index in [-0.39, 0.29) is 0 Å². The van der Waals surface area contributed by atoms with Crippen molar-refractivity contribution < 1.29 is 5.11 Å². The van der Waals surface area contributed by atoms with E-state index in [9.17, 15) is 5.11 Å². The Labute approximate surface area is 101 Å². The van der Waals surface area contributed by atoms with Gasteiger partial charge >= 0.3 is 0 Å². The number of thioether (sulfide) groups is 1. The van der Waals surface area contributed by atoms with Gasteiger partial charge in [-0.05, 0) is 49.1 Å². The second-order valence-electron chi connectivity index (χ2n) is 5.15. The fraction of sp³-hybridized carbons (Fsp3) is 0.571. The molecule has 0 amide bonds. The summed E-state index contributed by atoms with van der Waals surface area (Å²) in [7, 11) is 0. The Morgan fingerprint density at radius 1 is 1.12 bits per heavy atom. The van der Waals surface area contributed by atoms with Gasteiger partial charge in [-0.2, -0.15) is 0 Å². The molecule has 86 valence electrons. The highest BCUT2D eigenvalue weighted by atomic mass is 32.2. The highest BCUT2D eigenvalue weighted by molar-refractivity contribution is 8.00. The lowest BCUT2D eigenvalue weighted by Gasteiger charge is -2.27. The van der Waals surface area contributed by atoms with Gasteiger partial charge in [-0.25, -0.2) is 0 Å². The maximum atomic E-state index is 9.36. The zero-order chi connectivity index (χ0) is 11.0. The first-order chi connectivity index (χ1) is 7.86. The van der Waals surface area contributed by atoms with Crippen LogP contribution in [0.3, 0.4) is 0 Å². The van der Waals surface area contributed by atoms with Crippen LogP contribution in [0.5, 0.6) is 0 Å². The van der Waals surface area contributed by atoms with E-state index in [4.69, 9.17) is 0 Å². The van der Waals surface area contributed by atoms with Crippen LogP contribution < -0.4 is 0 Å². The van der Waals surface area contributed by atoms with Gasteiger partial charge in [0.15, 0.2) is 0 Å². The molecule has 2 aliphatic carbocycles. The number of fused-ring (bicyclic) bond motifs is 2. The third-order valence-corrected chi connectivity index (χ3v) is 5.54. The number of aliphatic hydroxyl groups excluding tert-OH is 1. The normalized spacial score (nSPS) is 36.8. The Morgan fingerprint density at radius 2 is 1.94 bits per heavy atom. The van der Waals surface area contributed by atoms with E-state index in [2.05, 4.69) is 30.3 Å². The van der Waals surface area contributed by atoms with E-state index in [1.807, 2.05) is 11.8 Å². The van der Waals surface area contributed by atoms with Gasteiger partial charge in [0, 0.05) is 16.8 Å². The van der Waals surface area contributed by atoms with Crippen molar-refractivity contribution in [2.75, 3.05) is 6.61 Å². The van der Waals surface area contributed by atoms with E-state index in [1.165, 1.54) is 24.2 Å². The maximum absolute atomic E-state index is 9.36. The number of rotatable bonds is 3. The fourth-order valence-electron chi connectivity index (χ4n) is 3.45. The molecule has 0 saturated heterocycles. The summed E-state index contributed by atoms with van der Waals surface area (Å²) in [6.45, 7) is 0.396. The molecule has 2 bridgehead atoms. The summed E-state index contributed by atoms with van der Waals surface area (Å²) in [5, 5.41) is 10.1. The van der Waals surface area contributed by atoms with Crippen molar-refractivity contribution in [1.82, 2.24) is 0 Å². The van der Waals surface area contributed by atoms with E-state index < -0.39 is 0 Å². The summed E-state index contributed by atoms with van der Waals surface area (Å²) in [6.07, 6.45) is 3.99. The van der Waals surface area contributed by atoms with Gasteiger partial charge in [0.2, 0.25) is 0 Å². The Hall–Kier alpha value is -0.470. The van der Waals surface area contributed by atoms with Crippen molar-refractivity contribution in [3.05, 3.63) is 30.3 Å². The van der Waals surface area contributed by atoms with Crippen molar-refractivity contribution in [2.45, 2.75) is 29.4 Å². The Bertz CT molecular complexity index is 351. The monoisotopic (exact) mass is 234 g/mol. The van der Waals surface area contributed by atoms with Gasteiger partial charge in [0.1, 0.15) is 0 Å². The highest BCUT2D eigenvalue weighted by Gasteiger charge is 2.45. The van der Waals surface area contributed by atoms with Gasteiger partial charge in [0.25, 0.3) is 0 Å². The molecule has 0 spiro atoms. The molecule has 0 radical (unpaired) electrons.